The zero-order valence-electron chi connectivity index (χ0n) is 7.00. The Bertz CT molecular complexity index is 141. The minimum atomic E-state index is -0.384. The van der Waals surface area contributed by atoms with E-state index in [9.17, 15) is 0 Å². The number of rotatable bonds is 1. The fraction of sp³-hybridized carbons (Fsp3) is 1.00. The standard InChI is InChI=1S/C8H14O3/c1-8(2)10-3-6(4-11-8)7-5-9-7/h6-7H,3-5H2,1-2H3. The van der Waals surface area contributed by atoms with Crippen molar-refractivity contribution in [3.8, 4) is 0 Å². The van der Waals surface area contributed by atoms with Gasteiger partial charge in [-0.1, -0.05) is 0 Å². The molecule has 3 nitrogen and oxygen atoms in total. The molecule has 0 spiro atoms. The molecule has 2 aliphatic heterocycles. The highest BCUT2D eigenvalue weighted by Crippen LogP contribution is 2.28. The summed E-state index contributed by atoms with van der Waals surface area (Å²) >= 11 is 0. The van der Waals surface area contributed by atoms with Crippen LogP contribution in [-0.2, 0) is 14.2 Å². The van der Waals surface area contributed by atoms with Gasteiger partial charge in [-0.05, 0) is 13.8 Å². The van der Waals surface area contributed by atoms with Gasteiger partial charge in [0.2, 0.25) is 0 Å². The number of hydrogen-bond donors (Lipinski definition) is 0. The average molecular weight is 158 g/mol. The van der Waals surface area contributed by atoms with Gasteiger partial charge in [0.15, 0.2) is 5.79 Å². The summed E-state index contributed by atoms with van der Waals surface area (Å²) in [6, 6.07) is 0. The summed E-state index contributed by atoms with van der Waals surface area (Å²) in [7, 11) is 0. The highest BCUT2D eigenvalue weighted by Gasteiger charge is 2.38. The molecule has 0 amide bonds. The molecule has 2 aliphatic rings. The highest BCUT2D eigenvalue weighted by molar-refractivity contribution is 4.81. The second-order valence-electron chi connectivity index (χ2n) is 3.65. The van der Waals surface area contributed by atoms with Gasteiger partial charge in [-0.3, -0.25) is 0 Å². The first-order valence-electron chi connectivity index (χ1n) is 4.07. The zero-order valence-corrected chi connectivity index (χ0v) is 7.00. The van der Waals surface area contributed by atoms with Crippen LogP contribution in [0.25, 0.3) is 0 Å². The van der Waals surface area contributed by atoms with Crippen LogP contribution in [-0.4, -0.2) is 31.7 Å². The Kier molecular flexibility index (Phi) is 1.67. The molecule has 0 bridgehead atoms. The Balaban J connectivity index is 1.84. The molecule has 0 saturated carbocycles. The molecule has 0 radical (unpaired) electrons. The molecule has 1 unspecified atom stereocenters. The predicted octanol–water partition coefficient (Wildman–Crippen LogP) is 0.784. The largest absolute Gasteiger partial charge is 0.373 e. The van der Waals surface area contributed by atoms with Crippen LogP contribution in [0.5, 0.6) is 0 Å². The molecule has 2 saturated heterocycles. The summed E-state index contributed by atoms with van der Waals surface area (Å²) in [5.41, 5.74) is 0. The van der Waals surface area contributed by atoms with Crippen molar-refractivity contribution in [1.82, 2.24) is 0 Å². The third kappa shape index (κ3) is 1.72. The maximum Gasteiger partial charge on any atom is 0.162 e. The van der Waals surface area contributed by atoms with Crippen LogP contribution < -0.4 is 0 Å². The normalized spacial score (nSPS) is 37.1. The Hall–Kier alpha value is -0.120. The molecule has 0 N–H and O–H groups in total. The van der Waals surface area contributed by atoms with Crippen LogP contribution in [0.2, 0.25) is 0 Å². The van der Waals surface area contributed by atoms with Gasteiger partial charge >= 0.3 is 0 Å². The van der Waals surface area contributed by atoms with Gasteiger partial charge in [-0.15, -0.1) is 0 Å². The summed E-state index contributed by atoms with van der Waals surface area (Å²) in [5.74, 6) is 0.0776. The van der Waals surface area contributed by atoms with Crippen molar-refractivity contribution in [2.75, 3.05) is 19.8 Å². The summed E-state index contributed by atoms with van der Waals surface area (Å²) in [5, 5.41) is 0. The molecular weight excluding hydrogens is 144 g/mol. The number of hydrogen-bond acceptors (Lipinski definition) is 3. The van der Waals surface area contributed by atoms with Gasteiger partial charge in [0, 0.05) is 5.92 Å². The highest BCUT2D eigenvalue weighted by atomic mass is 16.7. The van der Waals surface area contributed by atoms with Gasteiger partial charge in [0.05, 0.1) is 25.9 Å². The Morgan fingerprint density at radius 2 is 1.64 bits per heavy atom. The van der Waals surface area contributed by atoms with E-state index in [4.69, 9.17) is 14.2 Å². The van der Waals surface area contributed by atoms with Crippen LogP contribution in [0.3, 0.4) is 0 Å². The SMILES string of the molecule is CC1(C)OCC(C2CO2)CO1. The Morgan fingerprint density at radius 3 is 2.09 bits per heavy atom. The van der Waals surface area contributed by atoms with E-state index in [-0.39, 0.29) is 5.79 Å². The summed E-state index contributed by atoms with van der Waals surface area (Å²) in [6.07, 6.45) is 0.408. The lowest BCUT2D eigenvalue weighted by Gasteiger charge is -2.34. The molecule has 11 heavy (non-hydrogen) atoms. The van der Waals surface area contributed by atoms with Crippen LogP contribution in [0.15, 0.2) is 0 Å². The van der Waals surface area contributed by atoms with Crippen molar-refractivity contribution in [1.29, 1.82) is 0 Å². The molecule has 2 rings (SSSR count). The van der Waals surface area contributed by atoms with E-state index < -0.39 is 0 Å². The van der Waals surface area contributed by atoms with Crippen LogP contribution in [0.1, 0.15) is 13.8 Å². The first kappa shape index (κ1) is 7.53. The third-order valence-corrected chi connectivity index (χ3v) is 2.17. The Labute approximate surface area is 66.6 Å². The van der Waals surface area contributed by atoms with E-state index in [0.717, 1.165) is 19.8 Å². The second-order valence-corrected chi connectivity index (χ2v) is 3.65. The lowest BCUT2D eigenvalue weighted by molar-refractivity contribution is -0.263. The lowest BCUT2D eigenvalue weighted by Crippen LogP contribution is -2.41. The Morgan fingerprint density at radius 1 is 1.09 bits per heavy atom. The molecule has 0 aromatic carbocycles. The van der Waals surface area contributed by atoms with E-state index in [1.54, 1.807) is 0 Å². The van der Waals surface area contributed by atoms with E-state index in [1.807, 2.05) is 13.8 Å². The van der Waals surface area contributed by atoms with Gasteiger partial charge in [-0.2, -0.15) is 0 Å². The number of epoxide rings is 1. The molecule has 2 fully saturated rings. The first-order valence-corrected chi connectivity index (χ1v) is 4.07. The molecule has 0 aromatic rings. The molecule has 0 aromatic heterocycles. The van der Waals surface area contributed by atoms with Crippen molar-refractivity contribution < 1.29 is 14.2 Å². The average Bonchev–Trinajstić information content (AvgIpc) is 2.70. The topological polar surface area (TPSA) is 31.0 Å². The maximum absolute atomic E-state index is 5.48. The minimum absolute atomic E-state index is 0.384. The van der Waals surface area contributed by atoms with Gasteiger partial charge in [-0.25, -0.2) is 0 Å². The van der Waals surface area contributed by atoms with Crippen LogP contribution in [0.4, 0.5) is 0 Å². The smallest absolute Gasteiger partial charge is 0.162 e. The van der Waals surface area contributed by atoms with Crippen molar-refractivity contribution in [2.45, 2.75) is 25.7 Å². The summed E-state index contributed by atoms with van der Waals surface area (Å²) in [4.78, 5) is 0. The molecular formula is C8H14O3. The van der Waals surface area contributed by atoms with Gasteiger partial charge in [0.25, 0.3) is 0 Å². The van der Waals surface area contributed by atoms with Gasteiger partial charge < -0.3 is 14.2 Å². The fourth-order valence-electron chi connectivity index (χ4n) is 1.25. The van der Waals surface area contributed by atoms with E-state index in [1.165, 1.54) is 0 Å². The van der Waals surface area contributed by atoms with Crippen molar-refractivity contribution >= 4 is 0 Å². The molecule has 2 heterocycles. The molecule has 1 atom stereocenters. The van der Waals surface area contributed by atoms with Crippen LogP contribution in [0, 0.1) is 5.92 Å². The second kappa shape index (κ2) is 2.44. The molecule has 64 valence electrons. The van der Waals surface area contributed by atoms with Gasteiger partial charge in [0.1, 0.15) is 0 Å². The summed E-state index contributed by atoms with van der Waals surface area (Å²) < 4.78 is 16.1. The van der Waals surface area contributed by atoms with Crippen molar-refractivity contribution in [3.63, 3.8) is 0 Å². The zero-order chi connectivity index (χ0) is 7.90. The van der Waals surface area contributed by atoms with Crippen LogP contribution >= 0.6 is 0 Å². The van der Waals surface area contributed by atoms with Crippen molar-refractivity contribution in [2.24, 2.45) is 5.92 Å². The lowest BCUT2D eigenvalue weighted by atomic mass is 10.1. The first-order chi connectivity index (χ1) is 5.17. The maximum atomic E-state index is 5.48. The quantitative estimate of drug-likeness (QED) is 0.528. The molecule has 3 heteroatoms. The fourth-order valence-corrected chi connectivity index (χ4v) is 1.25. The van der Waals surface area contributed by atoms with E-state index in [0.29, 0.717) is 12.0 Å². The van der Waals surface area contributed by atoms with Crippen molar-refractivity contribution in [3.05, 3.63) is 0 Å². The van der Waals surface area contributed by atoms with E-state index in [2.05, 4.69) is 0 Å². The monoisotopic (exact) mass is 158 g/mol. The predicted molar refractivity (Wildman–Crippen MR) is 39.2 cm³/mol. The summed E-state index contributed by atoms with van der Waals surface area (Å²) in [6.45, 7) is 6.32. The third-order valence-electron chi connectivity index (χ3n) is 2.17. The number of ether oxygens (including phenoxy) is 3. The van der Waals surface area contributed by atoms with E-state index >= 15 is 0 Å². The minimum Gasteiger partial charge on any atom is -0.373 e. The molecule has 0 aliphatic carbocycles.